The minimum atomic E-state index is -0.329. The van der Waals surface area contributed by atoms with E-state index in [0.29, 0.717) is 0 Å². The van der Waals surface area contributed by atoms with Crippen LogP contribution in [0.3, 0.4) is 0 Å². The van der Waals surface area contributed by atoms with Gasteiger partial charge >= 0.3 is 0 Å². The molecule has 0 aromatic heterocycles. The van der Waals surface area contributed by atoms with Gasteiger partial charge in [-0.1, -0.05) is 13.3 Å². The lowest BCUT2D eigenvalue weighted by atomic mass is 9.94. The van der Waals surface area contributed by atoms with Gasteiger partial charge in [0.1, 0.15) is 5.82 Å². The molecule has 1 aliphatic rings. The molecule has 82 valence electrons. The fourth-order valence-corrected chi connectivity index (χ4v) is 2.10. The molecule has 1 fully saturated rings. The molecule has 2 rings (SSSR count). The van der Waals surface area contributed by atoms with Crippen LogP contribution in [0.25, 0.3) is 0 Å². The topological polar surface area (TPSA) is 29.3 Å². The van der Waals surface area contributed by atoms with Gasteiger partial charge in [0.2, 0.25) is 0 Å². The summed E-state index contributed by atoms with van der Waals surface area (Å²) >= 11 is 0. The van der Waals surface area contributed by atoms with E-state index in [2.05, 4.69) is 11.8 Å². The summed E-state index contributed by atoms with van der Waals surface area (Å²) in [5, 5.41) is 0. The summed E-state index contributed by atoms with van der Waals surface area (Å²) in [6.45, 7) is 4.37. The van der Waals surface area contributed by atoms with Crippen molar-refractivity contribution in [2.75, 3.05) is 23.7 Å². The van der Waals surface area contributed by atoms with E-state index in [1.807, 2.05) is 0 Å². The first kappa shape index (κ1) is 10.3. The Morgan fingerprint density at radius 3 is 2.80 bits per heavy atom. The molecule has 0 atom stereocenters. The van der Waals surface area contributed by atoms with Crippen molar-refractivity contribution in [2.24, 2.45) is 5.92 Å². The zero-order valence-corrected chi connectivity index (χ0v) is 9.04. The minimum Gasteiger partial charge on any atom is -0.396 e. The van der Waals surface area contributed by atoms with Crippen LogP contribution in [0.1, 0.15) is 19.8 Å². The third-order valence-corrected chi connectivity index (χ3v) is 3.00. The van der Waals surface area contributed by atoms with Gasteiger partial charge in [0, 0.05) is 18.8 Å². The minimum absolute atomic E-state index is 0.242. The molecule has 2 nitrogen and oxygen atoms in total. The van der Waals surface area contributed by atoms with E-state index < -0.39 is 0 Å². The van der Waals surface area contributed by atoms with Gasteiger partial charge in [-0.3, -0.25) is 0 Å². The van der Waals surface area contributed by atoms with Gasteiger partial charge in [-0.05, 0) is 30.5 Å². The molecule has 0 aliphatic carbocycles. The second kappa shape index (κ2) is 4.09. The number of nitrogen functional groups attached to an aromatic ring is 1. The second-order valence-electron chi connectivity index (χ2n) is 4.27. The molecule has 1 saturated heterocycles. The van der Waals surface area contributed by atoms with Crippen LogP contribution in [0.15, 0.2) is 18.2 Å². The molecule has 1 aliphatic heterocycles. The van der Waals surface area contributed by atoms with E-state index in [1.54, 1.807) is 12.1 Å². The molecule has 0 spiro atoms. The van der Waals surface area contributed by atoms with Gasteiger partial charge in [0.15, 0.2) is 0 Å². The van der Waals surface area contributed by atoms with Gasteiger partial charge in [-0.15, -0.1) is 0 Å². The maximum atomic E-state index is 12.9. The maximum Gasteiger partial charge on any atom is 0.146 e. The molecule has 2 N–H and O–H groups in total. The quantitative estimate of drug-likeness (QED) is 0.774. The van der Waals surface area contributed by atoms with Crippen LogP contribution in [0, 0.1) is 11.7 Å². The second-order valence-corrected chi connectivity index (χ2v) is 4.27. The van der Waals surface area contributed by atoms with Crippen molar-refractivity contribution >= 4 is 11.4 Å². The van der Waals surface area contributed by atoms with Crippen molar-refractivity contribution in [3.05, 3.63) is 24.0 Å². The number of hydrogen-bond donors (Lipinski definition) is 1. The largest absolute Gasteiger partial charge is 0.396 e. The predicted octanol–water partition coefficient (Wildman–Crippen LogP) is 2.64. The molecule has 0 saturated carbocycles. The molecule has 0 radical (unpaired) electrons. The number of halogens is 1. The number of nitrogens with zero attached hydrogens (tertiary/aromatic N) is 1. The molecule has 3 heteroatoms. The van der Waals surface area contributed by atoms with Gasteiger partial charge in [-0.2, -0.15) is 0 Å². The number of nitrogens with two attached hydrogens (primary N) is 1. The number of benzene rings is 1. The van der Waals surface area contributed by atoms with Crippen LogP contribution in [0.5, 0.6) is 0 Å². The standard InChI is InChI=1S/C12H17FN2/c1-2-3-9-7-15(8-9)10-4-5-11(13)12(14)6-10/h4-6,9H,2-3,7-8,14H2,1H3. The first-order valence-corrected chi connectivity index (χ1v) is 5.50. The van der Waals surface area contributed by atoms with Crippen LogP contribution < -0.4 is 10.6 Å². The zero-order chi connectivity index (χ0) is 10.8. The fourth-order valence-electron chi connectivity index (χ4n) is 2.10. The molecule has 15 heavy (non-hydrogen) atoms. The predicted molar refractivity (Wildman–Crippen MR) is 61.4 cm³/mol. The van der Waals surface area contributed by atoms with Crippen molar-refractivity contribution in [3.8, 4) is 0 Å². The van der Waals surface area contributed by atoms with Crippen molar-refractivity contribution in [3.63, 3.8) is 0 Å². The Labute approximate surface area is 89.9 Å². The highest BCUT2D eigenvalue weighted by Gasteiger charge is 2.25. The molecule has 0 bridgehead atoms. The normalized spacial score (nSPS) is 16.5. The van der Waals surface area contributed by atoms with Gasteiger partial charge in [0.25, 0.3) is 0 Å². The van der Waals surface area contributed by atoms with Crippen LogP contribution in [-0.4, -0.2) is 13.1 Å². The summed E-state index contributed by atoms with van der Waals surface area (Å²) in [5.41, 5.74) is 6.81. The Morgan fingerprint density at radius 1 is 1.47 bits per heavy atom. The maximum absolute atomic E-state index is 12.9. The van der Waals surface area contributed by atoms with Gasteiger partial charge in [0.05, 0.1) is 5.69 Å². The lowest BCUT2D eigenvalue weighted by molar-refractivity contribution is 0.380. The lowest BCUT2D eigenvalue weighted by Gasteiger charge is -2.41. The average Bonchev–Trinajstić information content (AvgIpc) is 2.16. The van der Waals surface area contributed by atoms with Crippen molar-refractivity contribution < 1.29 is 4.39 Å². The van der Waals surface area contributed by atoms with Crippen LogP contribution >= 0.6 is 0 Å². The Bertz CT molecular complexity index is 345. The Balaban J connectivity index is 1.98. The fraction of sp³-hybridized carbons (Fsp3) is 0.500. The molecule has 0 amide bonds. The molecule has 0 unspecified atom stereocenters. The van der Waals surface area contributed by atoms with Crippen LogP contribution in [0.2, 0.25) is 0 Å². The molecule has 1 heterocycles. The molecular weight excluding hydrogens is 191 g/mol. The van der Waals surface area contributed by atoms with E-state index in [0.717, 1.165) is 24.7 Å². The Morgan fingerprint density at radius 2 is 2.20 bits per heavy atom. The Hall–Kier alpha value is -1.25. The van der Waals surface area contributed by atoms with Crippen molar-refractivity contribution in [2.45, 2.75) is 19.8 Å². The van der Waals surface area contributed by atoms with Crippen LogP contribution in [0.4, 0.5) is 15.8 Å². The zero-order valence-electron chi connectivity index (χ0n) is 9.04. The van der Waals surface area contributed by atoms with Crippen LogP contribution in [-0.2, 0) is 0 Å². The summed E-state index contributed by atoms with van der Waals surface area (Å²) in [4.78, 5) is 2.25. The van der Waals surface area contributed by atoms with E-state index in [1.165, 1.54) is 18.9 Å². The smallest absolute Gasteiger partial charge is 0.146 e. The highest BCUT2D eigenvalue weighted by Crippen LogP contribution is 2.29. The van der Waals surface area contributed by atoms with E-state index in [-0.39, 0.29) is 11.5 Å². The highest BCUT2D eigenvalue weighted by molar-refractivity contribution is 5.57. The summed E-state index contributed by atoms with van der Waals surface area (Å²) in [6.07, 6.45) is 2.53. The summed E-state index contributed by atoms with van der Waals surface area (Å²) in [5.74, 6) is 0.477. The van der Waals surface area contributed by atoms with E-state index in [9.17, 15) is 4.39 Å². The highest BCUT2D eigenvalue weighted by atomic mass is 19.1. The molecule has 1 aromatic rings. The number of hydrogen-bond acceptors (Lipinski definition) is 2. The van der Waals surface area contributed by atoms with Gasteiger partial charge in [-0.25, -0.2) is 4.39 Å². The number of anilines is 2. The third-order valence-electron chi connectivity index (χ3n) is 3.00. The van der Waals surface area contributed by atoms with E-state index in [4.69, 9.17) is 5.73 Å². The summed E-state index contributed by atoms with van der Waals surface area (Å²) in [6, 6.07) is 4.96. The Kier molecular flexibility index (Phi) is 2.80. The first-order chi connectivity index (χ1) is 7.20. The van der Waals surface area contributed by atoms with Crippen molar-refractivity contribution in [1.82, 2.24) is 0 Å². The SMILES string of the molecule is CCCC1CN(c2ccc(F)c(N)c2)C1. The summed E-state index contributed by atoms with van der Waals surface area (Å²) < 4.78 is 12.9. The molecule has 1 aromatic carbocycles. The van der Waals surface area contributed by atoms with E-state index >= 15 is 0 Å². The van der Waals surface area contributed by atoms with Crippen molar-refractivity contribution in [1.29, 1.82) is 0 Å². The molecular formula is C12H17FN2. The number of rotatable bonds is 3. The monoisotopic (exact) mass is 208 g/mol. The van der Waals surface area contributed by atoms with Gasteiger partial charge < -0.3 is 10.6 Å². The summed E-state index contributed by atoms with van der Waals surface area (Å²) in [7, 11) is 0. The third kappa shape index (κ3) is 2.06. The average molecular weight is 208 g/mol. The first-order valence-electron chi connectivity index (χ1n) is 5.50. The lowest BCUT2D eigenvalue weighted by Crippen LogP contribution is -2.46.